The fourth-order valence-corrected chi connectivity index (χ4v) is 3.18. The second kappa shape index (κ2) is 4.09. The molecule has 94 valence electrons. The number of benzene rings is 1. The van der Waals surface area contributed by atoms with E-state index >= 15 is 0 Å². The van der Waals surface area contributed by atoms with Gasteiger partial charge in [0.15, 0.2) is 0 Å². The van der Waals surface area contributed by atoms with Gasteiger partial charge in [-0.15, -0.1) is 11.3 Å². The maximum Gasteiger partial charge on any atom is 0.0964 e. The average Bonchev–Trinajstić information content (AvgIpc) is 2.91. The van der Waals surface area contributed by atoms with Crippen LogP contribution in [0.5, 0.6) is 0 Å². The summed E-state index contributed by atoms with van der Waals surface area (Å²) in [7, 11) is 0. The predicted octanol–water partition coefficient (Wildman–Crippen LogP) is 5.02. The van der Waals surface area contributed by atoms with E-state index in [2.05, 4.69) is 50.9 Å². The third kappa shape index (κ3) is 1.74. The highest BCUT2D eigenvalue weighted by molar-refractivity contribution is 7.18. The standard InChI is InChI=1S/C15H18N2S/c1-8(2)12-7-10-11(16-12)5-6-13-14(10)17-15(18-13)9(3)4/h5-9,16H,1-4H3. The molecule has 2 heterocycles. The molecule has 0 aliphatic heterocycles. The first kappa shape index (κ1) is 11.7. The normalized spacial score (nSPS) is 12.3. The van der Waals surface area contributed by atoms with Crippen LogP contribution < -0.4 is 0 Å². The zero-order valence-electron chi connectivity index (χ0n) is 11.2. The van der Waals surface area contributed by atoms with Crippen LogP contribution in [0.15, 0.2) is 18.2 Å². The first-order chi connectivity index (χ1) is 8.56. The molecule has 0 bridgehead atoms. The Labute approximate surface area is 111 Å². The smallest absolute Gasteiger partial charge is 0.0964 e. The number of H-pyrrole nitrogens is 1. The molecule has 3 aromatic rings. The molecule has 0 spiro atoms. The van der Waals surface area contributed by atoms with Gasteiger partial charge in [0.25, 0.3) is 0 Å². The molecule has 0 fully saturated rings. The van der Waals surface area contributed by atoms with Gasteiger partial charge in [-0.3, -0.25) is 0 Å². The lowest BCUT2D eigenvalue weighted by Gasteiger charge is -1.97. The maximum absolute atomic E-state index is 4.81. The monoisotopic (exact) mass is 258 g/mol. The number of aromatic amines is 1. The molecule has 18 heavy (non-hydrogen) atoms. The van der Waals surface area contributed by atoms with E-state index in [1.807, 2.05) is 11.3 Å². The van der Waals surface area contributed by atoms with Gasteiger partial charge in [0.1, 0.15) is 0 Å². The van der Waals surface area contributed by atoms with E-state index in [1.54, 1.807) is 0 Å². The van der Waals surface area contributed by atoms with Crippen LogP contribution in [0.3, 0.4) is 0 Å². The Hall–Kier alpha value is -1.35. The number of hydrogen-bond acceptors (Lipinski definition) is 2. The van der Waals surface area contributed by atoms with Crippen LogP contribution in [0.4, 0.5) is 0 Å². The fourth-order valence-electron chi connectivity index (χ4n) is 2.19. The van der Waals surface area contributed by atoms with Gasteiger partial charge in [0.05, 0.1) is 15.2 Å². The van der Waals surface area contributed by atoms with Gasteiger partial charge < -0.3 is 4.98 Å². The SMILES string of the molecule is CC(C)c1cc2c(ccc3sc(C(C)C)nc32)[nH]1. The highest BCUT2D eigenvalue weighted by Gasteiger charge is 2.12. The van der Waals surface area contributed by atoms with Crippen LogP contribution in [0.25, 0.3) is 21.1 Å². The molecule has 0 atom stereocenters. The lowest BCUT2D eigenvalue weighted by atomic mass is 10.1. The Morgan fingerprint density at radius 3 is 2.56 bits per heavy atom. The largest absolute Gasteiger partial charge is 0.358 e. The molecule has 2 nitrogen and oxygen atoms in total. The molecule has 0 aliphatic carbocycles. The number of thiazole rings is 1. The Balaban J connectivity index is 2.30. The van der Waals surface area contributed by atoms with Crippen molar-refractivity contribution in [3.05, 3.63) is 28.9 Å². The summed E-state index contributed by atoms with van der Waals surface area (Å²) < 4.78 is 1.29. The van der Waals surface area contributed by atoms with E-state index in [0.29, 0.717) is 11.8 Å². The highest BCUT2D eigenvalue weighted by atomic mass is 32.1. The van der Waals surface area contributed by atoms with Gasteiger partial charge in [0.2, 0.25) is 0 Å². The van der Waals surface area contributed by atoms with Crippen LogP contribution in [0, 0.1) is 0 Å². The van der Waals surface area contributed by atoms with Crippen molar-refractivity contribution in [2.75, 3.05) is 0 Å². The quantitative estimate of drug-likeness (QED) is 0.686. The van der Waals surface area contributed by atoms with Gasteiger partial charge in [-0.25, -0.2) is 4.98 Å². The summed E-state index contributed by atoms with van der Waals surface area (Å²) >= 11 is 1.81. The Morgan fingerprint density at radius 2 is 1.89 bits per heavy atom. The molecule has 3 rings (SSSR count). The fraction of sp³-hybridized carbons (Fsp3) is 0.400. The van der Waals surface area contributed by atoms with Crippen molar-refractivity contribution in [1.29, 1.82) is 0 Å². The predicted molar refractivity (Wildman–Crippen MR) is 79.7 cm³/mol. The topological polar surface area (TPSA) is 28.7 Å². The third-order valence-corrected chi connectivity index (χ3v) is 4.63. The zero-order valence-corrected chi connectivity index (χ0v) is 12.1. The van der Waals surface area contributed by atoms with Crippen molar-refractivity contribution >= 4 is 32.5 Å². The van der Waals surface area contributed by atoms with Crippen LogP contribution in [0.1, 0.15) is 50.2 Å². The van der Waals surface area contributed by atoms with E-state index in [1.165, 1.54) is 26.3 Å². The van der Waals surface area contributed by atoms with Crippen molar-refractivity contribution in [2.45, 2.75) is 39.5 Å². The highest BCUT2D eigenvalue weighted by Crippen LogP contribution is 2.33. The number of aromatic nitrogens is 2. The van der Waals surface area contributed by atoms with Crippen molar-refractivity contribution in [3.63, 3.8) is 0 Å². The molecule has 0 amide bonds. The molecule has 0 saturated heterocycles. The van der Waals surface area contributed by atoms with Crippen LogP contribution >= 0.6 is 11.3 Å². The van der Waals surface area contributed by atoms with E-state index in [9.17, 15) is 0 Å². The molecule has 0 saturated carbocycles. The van der Waals surface area contributed by atoms with E-state index in [4.69, 9.17) is 4.98 Å². The molecule has 0 aliphatic rings. The minimum absolute atomic E-state index is 0.501. The summed E-state index contributed by atoms with van der Waals surface area (Å²) in [6.45, 7) is 8.82. The maximum atomic E-state index is 4.81. The van der Waals surface area contributed by atoms with E-state index < -0.39 is 0 Å². The van der Waals surface area contributed by atoms with Gasteiger partial charge in [-0.05, 0) is 24.1 Å². The molecular formula is C15H18N2S. The van der Waals surface area contributed by atoms with Crippen molar-refractivity contribution < 1.29 is 0 Å². The average molecular weight is 258 g/mol. The molecule has 0 unspecified atom stereocenters. The van der Waals surface area contributed by atoms with Gasteiger partial charge in [-0.2, -0.15) is 0 Å². The first-order valence-electron chi connectivity index (χ1n) is 6.48. The minimum Gasteiger partial charge on any atom is -0.358 e. The summed E-state index contributed by atoms with van der Waals surface area (Å²) in [4.78, 5) is 8.30. The second-order valence-electron chi connectivity index (χ2n) is 5.46. The lowest BCUT2D eigenvalue weighted by Crippen LogP contribution is -1.84. The number of nitrogens with zero attached hydrogens (tertiary/aromatic N) is 1. The van der Waals surface area contributed by atoms with Gasteiger partial charge >= 0.3 is 0 Å². The Morgan fingerprint density at radius 1 is 1.11 bits per heavy atom. The zero-order chi connectivity index (χ0) is 12.9. The summed E-state index contributed by atoms with van der Waals surface area (Å²) in [5.41, 5.74) is 3.65. The van der Waals surface area contributed by atoms with Crippen LogP contribution in [-0.4, -0.2) is 9.97 Å². The van der Waals surface area contributed by atoms with Crippen molar-refractivity contribution in [2.24, 2.45) is 0 Å². The van der Waals surface area contributed by atoms with Crippen molar-refractivity contribution in [3.8, 4) is 0 Å². The van der Waals surface area contributed by atoms with Gasteiger partial charge in [0, 0.05) is 22.5 Å². The second-order valence-corrected chi connectivity index (χ2v) is 6.52. The van der Waals surface area contributed by atoms with Gasteiger partial charge in [-0.1, -0.05) is 27.7 Å². The summed E-state index contributed by atoms with van der Waals surface area (Å²) in [6, 6.07) is 6.61. The summed E-state index contributed by atoms with van der Waals surface area (Å²) in [5.74, 6) is 1.02. The van der Waals surface area contributed by atoms with E-state index in [-0.39, 0.29) is 0 Å². The minimum atomic E-state index is 0.501. The number of nitrogens with one attached hydrogen (secondary N) is 1. The third-order valence-electron chi connectivity index (χ3n) is 3.31. The number of rotatable bonds is 2. The summed E-state index contributed by atoms with van der Waals surface area (Å²) in [5, 5.41) is 2.49. The Bertz CT molecular complexity index is 642. The Kier molecular flexibility index (Phi) is 2.67. The summed E-state index contributed by atoms with van der Waals surface area (Å²) in [6.07, 6.45) is 0. The van der Waals surface area contributed by atoms with Crippen LogP contribution in [0.2, 0.25) is 0 Å². The molecule has 1 aromatic carbocycles. The van der Waals surface area contributed by atoms with E-state index in [0.717, 1.165) is 5.52 Å². The molecule has 2 aromatic heterocycles. The number of fused-ring (bicyclic) bond motifs is 3. The molecule has 1 N–H and O–H groups in total. The first-order valence-corrected chi connectivity index (χ1v) is 7.30. The molecule has 3 heteroatoms. The number of hydrogen-bond donors (Lipinski definition) is 1. The molecule has 0 radical (unpaired) electrons. The van der Waals surface area contributed by atoms with Crippen LogP contribution in [-0.2, 0) is 0 Å². The molecular weight excluding hydrogens is 240 g/mol. The lowest BCUT2D eigenvalue weighted by molar-refractivity contribution is 0.836. The van der Waals surface area contributed by atoms with Crippen molar-refractivity contribution in [1.82, 2.24) is 9.97 Å².